The molecule has 72 valence electrons. The molecule has 0 aliphatic heterocycles. The minimum absolute atomic E-state index is 0.706. The number of hydrogen-bond donors (Lipinski definition) is 1. The van der Waals surface area contributed by atoms with E-state index in [0.29, 0.717) is 6.54 Å². The third kappa shape index (κ3) is 2.26. The average molecular weight is 206 g/mol. The normalized spacial score (nSPS) is 10.1. The van der Waals surface area contributed by atoms with E-state index in [4.69, 9.17) is 0 Å². The summed E-state index contributed by atoms with van der Waals surface area (Å²) in [5.74, 6) is 0.778. The highest BCUT2D eigenvalue weighted by molar-refractivity contribution is 7.11. The molecule has 2 aromatic rings. The molecular weight excluding hydrogens is 196 g/mol. The zero-order chi connectivity index (χ0) is 9.80. The highest BCUT2D eigenvalue weighted by atomic mass is 32.1. The van der Waals surface area contributed by atoms with E-state index < -0.39 is 0 Å². The molecule has 14 heavy (non-hydrogen) atoms. The highest BCUT2D eigenvalue weighted by Crippen LogP contribution is 2.12. The second kappa shape index (κ2) is 4.15. The van der Waals surface area contributed by atoms with Gasteiger partial charge in [-0.1, -0.05) is 0 Å². The van der Waals surface area contributed by atoms with Gasteiger partial charge in [-0.2, -0.15) is 0 Å². The number of rotatable bonds is 3. The predicted molar refractivity (Wildman–Crippen MR) is 56.2 cm³/mol. The highest BCUT2D eigenvalue weighted by Gasteiger charge is 1.98. The fraction of sp³-hybridized carbons (Fsp3) is 0.222. The third-order valence-corrected chi connectivity index (χ3v) is 2.57. The van der Waals surface area contributed by atoms with Gasteiger partial charge in [0.05, 0.1) is 12.7 Å². The molecule has 0 unspecified atom stereocenters. The first kappa shape index (κ1) is 9.08. The van der Waals surface area contributed by atoms with Crippen molar-refractivity contribution in [3.05, 3.63) is 34.7 Å². The Morgan fingerprint density at radius 3 is 2.86 bits per heavy atom. The van der Waals surface area contributed by atoms with Gasteiger partial charge >= 0.3 is 0 Å². The van der Waals surface area contributed by atoms with Crippen molar-refractivity contribution >= 4 is 17.2 Å². The summed E-state index contributed by atoms with van der Waals surface area (Å²) in [5, 5.41) is 4.21. The van der Waals surface area contributed by atoms with E-state index in [1.807, 2.05) is 13.1 Å². The molecule has 2 aromatic heterocycles. The number of aryl methyl sites for hydroxylation is 1. The molecule has 0 atom stereocenters. The van der Waals surface area contributed by atoms with E-state index >= 15 is 0 Å². The molecule has 4 nitrogen and oxygen atoms in total. The Bertz CT molecular complexity index is 398. The number of nitrogens with zero attached hydrogens (tertiary/aromatic N) is 3. The van der Waals surface area contributed by atoms with Crippen molar-refractivity contribution in [1.82, 2.24) is 15.0 Å². The molecule has 2 heterocycles. The lowest BCUT2D eigenvalue weighted by Crippen LogP contribution is -2.00. The Morgan fingerprint density at radius 2 is 2.21 bits per heavy atom. The monoisotopic (exact) mass is 206 g/mol. The van der Waals surface area contributed by atoms with Crippen LogP contribution in [-0.2, 0) is 6.54 Å². The maximum Gasteiger partial charge on any atom is 0.144 e. The predicted octanol–water partition coefficient (Wildman–Crippen LogP) is 1.85. The van der Waals surface area contributed by atoms with Gasteiger partial charge in [-0.05, 0) is 6.92 Å². The number of hydrogen-bond acceptors (Lipinski definition) is 5. The van der Waals surface area contributed by atoms with Crippen LogP contribution in [0.5, 0.6) is 0 Å². The Hall–Kier alpha value is -1.49. The van der Waals surface area contributed by atoms with Gasteiger partial charge in [-0.3, -0.25) is 4.98 Å². The van der Waals surface area contributed by atoms with Gasteiger partial charge in [0.1, 0.15) is 10.8 Å². The molecule has 0 aliphatic rings. The van der Waals surface area contributed by atoms with Crippen LogP contribution in [0.3, 0.4) is 0 Å². The second-order valence-electron chi connectivity index (χ2n) is 2.81. The molecule has 0 aliphatic carbocycles. The number of anilines is 1. The Labute approximate surface area is 86.1 Å². The van der Waals surface area contributed by atoms with Crippen molar-refractivity contribution < 1.29 is 0 Å². The summed E-state index contributed by atoms with van der Waals surface area (Å²) in [6, 6.07) is 0. The standard InChI is InChI=1S/C9H10N4S/c1-7-4-13-9(14-7)6-12-8-5-10-2-3-11-8/h2-5H,6H2,1H3,(H,11,12). The Morgan fingerprint density at radius 1 is 1.29 bits per heavy atom. The molecular formula is C9H10N4S. The summed E-state index contributed by atoms with van der Waals surface area (Å²) in [5.41, 5.74) is 0. The summed E-state index contributed by atoms with van der Waals surface area (Å²) < 4.78 is 0. The van der Waals surface area contributed by atoms with Gasteiger partial charge in [-0.25, -0.2) is 9.97 Å². The van der Waals surface area contributed by atoms with Crippen LogP contribution in [0.4, 0.5) is 5.82 Å². The average Bonchev–Trinajstić information content (AvgIpc) is 2.63. The first-order chi connectivity index (χ1) is 6.84. The van der Waals surface area contributed by atoms with Gasteiger partial charge in [0.25, 0.3) is 0 Å². The van der Waals surface area contributed by atoms with Crippen molar-refractivity contribution in [2.45, 2.75) is 13.5 Å². The molecule has 0 amide bonds. The lowest BCUT2D eigenvalue weighted by atomic mass is 10.6. The van der Waals surface area contributed by atoms with Gasteiger partial charge in [0.2, 0.25) is 0 Å². The third-order valence-electron chi connectivity index (χ3n) is 1.65. The summed E-state index contributed by atoms with van der Waals surface area (Å²) in [6.07, 6.45) is 6.88. The number of nitrogens with one attached hydrogen (secondary N) is 1. The van der Waals surface area contributed by atoms with Gasteiger partial charge in [0, 0.05) is 23.5 Å². The maximum absolute atomic E-state index is 4.24. The van der Waals surface area contributed by atoms with Crippen molar-refractivity contribution in [2.75, 3.05) is 5.32 Å². The molecule has 1 N–H and O–H groups in total. The van der Waals surface area contributed by atoms with Crippen molar-refractivity contribution in [1.29, 1.82) is 0 Å². The lowest BCUT2D eigenvalue weighted by Gasteiger charge is -2.00. The molecule has 0 saturated carbocycles. The first-order valence-corrected chi connectivity index (χ1v) is 5.07. The van der Waals surface area contributed by atoms with Crippen LogP contribution < -0.4 is 5.32 Å². The quantitative estimate of drug-likeness (QED) is 0.832. The van der Waals surface area contributed by atoms with Crippen LogP contribution in [0.25, 0.3) is 0 Å². The van der Waals surface area contributed by atoms with E-state index in [9.17, 15) is 0 Å². The van der Waals surface area contributed by atoms with Crippen LogP contribution in [0.15, 0.2) is 24.8 Å². The lowest BCUT2D eigenvalue weighted by molar-refractivity contribution is 1.06. The molecule has 2 rings (SSSR count). The van der Waals surface area contributed by atoms with Crippen molar-refractivity contribution in [3.63, 3.8) is 0 Å². The summed E-state index contributed by atoms with van der Waals surface area (Å²) >= 11 is 1.69. The molecule has 0 radical (unpaired) electrons. The largest absolute Gasteiger partial charge is 0.362 e. The summed E-state index contributed by atoms with van der Waals surface area (Å²) in [7, 11) is 0. The van der Waals surface area contributed by atoms with Crippen LogP contribution in [0.2, 0.25) is 0 Å². The molecule has 0 saturated heterocycles. The number of aromatic nitrogens is 3. The SMILES string of the molecule is Cc1cnc(CNc2cnccn2)s1. The molecule has 0 spiro atoms. The Balaban J connectivity index is 1.95. The van der Waals surface area contributed by atoms with Crippen LogP contribution in [0.1, 0.15) is 9.88 Å². The zero-order valence-corrected chi connectivity index (χ0v) is 8.58. The van der Waals surface area contributed by atoms with Crippen molar-refractivity contribution in [2.24, 2.45) is 0 Å². The second-order valence-corrected chi connectivity index (χ2v) is 4.13. The Kier molecular flexibility index (Phi) is 2.69. The van der Waals surface area contributed by atoms with Gasteiger partial charge in [-0.15, -0.1) is 11.3 Å². The molecule has 5 heteroatoms. The van der Waals surface area contributed by atoms with Crippen LogP contribution in [0, 0.1) is 6.92 Å². The van der Waals surface area contributed by atoms with E-state index in [-0.39, 0.29) is 0 Å². The smallest absolute Gasteiger partial charge is 0.144 e. The van der Waals surface area contributed by atoms with E-state index in [2.05, 4.69) is 20.3 Å². The summed E-state index contributed by atoms with van der Waals surface area (Å²) in [4.78, 5) is 13.5. The fourth-order valence-corrected chi connectivity index (χ4v) is 1.77. The summed E-state index contributed by atoms with van der Waals surface area (Å²) in [6.45, 7) is 2.75. The topological polar surface area (TPSA) is 50.7 Å². The first-order valence-electron chi connectivity index (χ1n) is 4.26. The molecule has 0 aromatic carbocycles. The van der Waals surface area contributed by atoms with E-state index in [1.165, 1.54) is 4.88 Å². The van der Waals surface area contributed by atoms with E-state index in [0.717, 1.165) is 10.8 Å². The minimum Gasteiger partial charge on any atom is -0.362 e. The zero-order valence-electron chi connectivity index (χ0n) is 7.77. The van der Waals surface area contributed by atoms with Gasteiger partial charge in [0.15, 0.2) is 0 Å². The van der Waals surface area contributed by atoms with Crippen LogP contribution >= 0.6 is 11.3 Å². The number of thiazole rings is 1. The maximum atomic E-state index is 4.24. The molecule has 0 fully saturated rings. The van der Waals surface area contributed by atoms with Crippen molar-refractivity contribution in [3.8, 4) is 0 Å². The van der Waals surface area contributed by atoms with Crippen LogP contribution in [-0.4, -0.2) is 15.0 Å². The van der Waals surface area contributed by atoms with E-state index in [1.54, 1.807) is 29.9 Å². The van der Waals surface area contributed by atoms with Gasteiger partial charge < -0.3 is 5.32 Å². The molecule has 0 bridgehead atoms. The fourth-order valence-electron chi connectivity index (χ4n) is 1.04. The minimum atomic E-state index is 0.706.